The zero-order valence-corrected chi connectivity index (χ0v) is 11.5. The first-order valence-electron chi connectivity index (χ1n) is 6.49. The molecule has 2 aromatic heterocycles. The zero-order chi connectivity index (χ0) is 14.3. The summed E-state index contributed by atoms with van der Waals surface area (Å²) in [5.41, 5.74) is 9.69. The fraction of sp³-hybridized carbons (Fsp3) is 0.200. The van der Waals surface area contributed by atoms with Gasteiger partial charge in [0.25, 0.3) is 5.91 Å². The van der Waals surface area contributed by atoms with E-state index in [0.29, 0.717) is 12.1 Å². The van der Waals surface area contributed by atoms with Crippen LogP contribution in [0.2, 0.25) is 0 Å². The molecule has 0 fully saturated rings. The standard InChI is InChI=1S/C15H16N4O/c1-9-13(8-16)10(2)19(18-9)15(20)12-5-3-4-11-6-7-17-14(11)12/h3-7,17H,8,16H2,1-2H3. The number of H-pyrrole nitrogens is 1. The van der Waals surface area contributed by atoms with E-state index in [0.717, 1.165) is 27.9 Å². The van der Waals surface area contributed by atoms with Crippen molar-refractivity contribution in [2.75, 3.05) is 0 Å². The maximum Gasteiger partial charge on any atom is 0.280 e. The van der Waals surface area contributed by atoms with Crippen molar-refractivity contribution >= 4 is 16.8 Å². The van der Waals surface area contributed by atoms with Crippen LogP contribution in [0.5, 0.6) is 0 Å². The Morgan fingerprint density at radius 1 is 1.35 bits per heavy atom. The molecule has 0 radical (unpaired) electrons. The molecular formula is C15H16N4O. The molecule has 0 atom stereocenters. The Morgan fingerprint density at radius 3 is 2.85 bits per heavy atom. The van der Waals surface area contributed by atoms with Crippen LogP contribution in [0.15, 0.2) is 30.5 Å². The van der Waals surface area contributed by atoms with E-state index in [9.17, 15) is 4.79 Å². The van der Waals surface area contributed by atoms with Gasteiger partial charge < -0.3 is 10.7 Å². The molecule has 102 valence electrons. The van der Waals surface area contributed by atoms with Crippen molar-refractivity contribution in [3.05, 3.63) is 53.0 Å². The largest absolute Gasteiger partial charge is 0.361 e. The number of aryl methyl sites for hydroxylation is 1. The van der Waals surface area contributed by atoms with Crippen molar-refractivity contribution in [1.29, 1.82) is 0 Å². The van der Waals surface area contributed by atoms with Crippen LogP contribution in [0.4, 0.5) is 0 Å². The summed E-state index contributed by atoms with van der Waals surface area (Å²) in [6.45, 7) is 4.13. The van der Waals surface area contributed by atoms with Gasteiger partial charge in [0.1, 0.15) is 0 Å². The normalized spacial score (nSPS) is 11.2. The highest BCUT2D eigenvalue weighted by Gasteiger charge is 2.19. The van der Waals surface area contributed by atoms with Crippen molar-refractivity contribution in [2.45, 2.75) is 20.4 Å². The van der Waals surface area contributed by atoms with Crippen molar-refractivity contribution < 1.29 is 4.79 Å². The number of carbonyl (C=O) groups excluding carboxylic acids is 1. The third-order valence-electron chi connectivity index (χ3n) is 3.66. The van der Waals surface area contributed by atoms with E-state index >= 15 is 0 Å². The molecule has 0 aliphatic carbocycles. The maximum atomic E-state index is 12.7. The number of aromatic nitrogens is 3. The number of carbonyl (C=O) groups is 1. The van der Waals surface area contributed by atoms with Crippen molar-refractivity contribution in [3.8, 4) is 0 Å². The number of nitrogens with one attached hydrogen (secondary N) is 1. The number of nitrogens with two attached hydrogens (primary N) is 1. The quantitative estimate of drug-likeness (QED) is 0.747. The van der Waals surface area contributed by atoms with Crippen LogP contribution in [0, 0.1) is 13.8 Å². The average Bonchev–Trinajstić information content (AvgIpc) is 3.02. The minimum Gasteiger partial charge on any atom is -0.361 e. The van der Waals surface area contributed by atoms with Crippen LogP contribution in [0.25, 0.3) is 10.9 Å². The molecule has 2 heterocycles. The van der Waals surface area contributed by atoms with Gasteiger partial charge in [0, 0.05) is 29.4 Å². The Hall–Kier alpha value is -2.40. The van der Waals surface area contributed by atoms with E-state index in [1.54, 1.807) is 6.07 Å². The van der Waals surface area contributed by atoms with E-state index < -0.39 is 0 Å². The molecule has 3 N–H and O–H groups in total. The van der Waals surface area contributed by atoms with Gasteiger partial charge in [-0.3, -0.25) is 4.79 Å². The maximum absolute atomic E-state index is 12.7. The third kappa shape index (κ3) is 1.75. The van der Waals surface area contributed by atoms with Gasteiger partial charge in [-0.2, -0.15) is 5.10 Å². The molecule has 0 spiro atoms. The van der Waals surface area contributed by atoms with E-state index in [1.165, 1.54) is 4.68 Å². The Morgan fingerprint density at radius 2 is 2.15 bits per heavy atom. The monoisotopic (exact) mass is 268 g/mol. The van der Waals surface area contributed by atoms with E-state index in [2.05, 4.69) is 10.1 Å². The SMILES string of the molecule is Cc1nn(C(=O)c2cccc3cc[nH]c23)c(C)c1CN. The number of fused-ring (bicyclic) bond motifs is 1. The molecule has 0 unspecified atom stereocenters. The summed E-state index contributed by atoms with van der Waals surface area (Å²) in [7, 11) is 0. The molecule has 0 aliphatic heterocycles. The molecule has 20 heavy (non-hydrogen) atoms. The first kappa shape index (κ1) is 12.6. The molecule has 3 aromatic rings. The lowest BCUT2D eigenvalue weighted by molar-refractivity contribution is 0.0944. The number of hydrogen-bond acceptors (Lipinski definition) is 3. The topological polar surface area (TPSA) is 76.7 Å². The molecule has 5 heteroatoms. The number of nitrogens with zero attached hydrogens (tertiary/aromatic N) is 2. The average molecular weight is 268 g/mol. The second kappa shape index (κ2) is 4.61. The highest BCUT2D eigenvalue weighted by molar-refractivity contribution is 6.06. The van der Waals surface area contributed by atoms with Crippen LogP contribution < -0.4 is 5.73 Å². The lowest BCUT2D eigenvalue weighted by Crippen LogP contribution is -2.16. The molecule has 3 rings (SSSR count). The minimum absolute atomic E-state index is 0.140. The van der Waals surface area contributed by atoms with Gasteiger partial charge in [-0.05, 0) is 26.0 Å². The van der Waals surface area contributed by atoms with Crippen molar-refractivity contribution in [3.63, 3.8) is 0 Å². The number of para-hydroxylation sites is 1. The summed E-state index contributed by atoms with van der Waals surface area (Å²) in [5, 5.41) is 5.33. The van der Waals surface area contributed by atoms with E-state index in [-0.39, 0.29) is 5.91 Å². The van der Waals surface area contributed by atoms with E-state index in [4.69, 9.17) is 5.73 Å². The summed E-state index contributed by atoms with van der Waals surface area (Å²) >= 11 is 0. The predicted octanol–water partition coefficient (Wildman–Crippen LogP) is 2.13. The van der Waals surface area contributed by atoms with Gasteiger partial charge in [0.2, 0.25) is 0 Å². The summed E-state index contributed by atoms with van der Waals surface area (Å²) in [5.74, 6) is -0.140. The minimum atomic E-state index is -0.140. The molecule has 0 saturated carbocycles. The zero-order valence-electron chi connectivity index (χ0n) is 11.5. The number of benzene rings is 1. The predicted molar refractivity (Wildman–Crippen MR) is 77.6 cm³/mol. The molecule has 5 nitrogen and oxygen atoms in total. The highest BCUT2D eigenvalue weighted by atomic mass is 16.2. The lowest BCUT2D eigenvalue weighted by atomic mass is 10.1. The summed E-state index contributed by atoms with van der Waals surface area (Å²) in [4.78, 5) is 15.8. The van der Waals surface area contributed by atoms with Crippen molar-refractivity contribution in [1.82, 2.24) is 14.8 Å². The number of rotatable bonds is 2. The van der Waals surface area contributed by atoms with Gasteiger partial charge in [-0.15, -0.1) is 0 Å². The Labute approximate surface area is 116 Å². The second-order valence-electron chi connectivity index (χ2n) is 4.82. The van der Waals surface area contributed by atoms with Gasteiger partial charge in [0.05, 0.1) is 16.8 Å². The second-order valence-corrected chi connectivity index (χ2v) is 4.82. The van der Waals surface area contributed by atoms with Gasteiger partial charge >= 0.3 is 0 Å². The van der Waals surface area contributed by atoms with Gasteiger partial charge in [0.15, 0.2) is 0 Å². The lowest BCUT2D eigenvalue weighted by Gasteiger charge is -2.05. The highest BCUT2D eigenvalue weighted by Crippen LogP contribution is 2.20. The molecular weight excluding hydrogens is 252 g/mol. The molecule has 0 saturated heterocycles. The summed E-state index contributed by atoms with van der Waals surface area (Å²) in [6, 6.07) is 7.59. The Kier molecular flexibility index (Phi) is 2.91. The number of aromatic amines is 1. The first-order chi connectivity index (χ1) is 9.63. The fourth-order valence-electron chi connectivity index (χ4n) is 2.55. The Balaban J connectivity index is 2.16. The van der Waals surface area contributed by atoms with Crippen LogP contribution >= 0.6 is 0 Å². The van der Waals surface area contributed by atoms with Crippen LogP contribution in [0.1, 0.15) is 27.3 Å². The molecule has 0 bridgehead atoms. The van der Waals surface area contributed by atoms with E-state index in [1.807, 2.05) is 38.2 Å². The summed E-state index contributed by atoms with van der Waals surface area (Å²) in [6.07, 6.45) is 1.83. The molecule has 0 aliphatic rings. The van der Waals surface area contributed by atoms with Crippen LogP contribution in [-0.4, -0.2) is 20.7 Å². The fourth-order valence-corrected chi connectivity index (χ4v) is 2.55. The van der Waals surface area contributed by atoms with Crippen LogP contribution in [0.3, 0.4) is 0 Å². The summed E-state index contributed by atoms with van der Waals surface area (Å²) < 4.78 is 1.44. The molecule has 0 amide bonds. The number of hydrogen-bond donors (Lipinski definition) is 2. The Bertz CT molecular complexity index is 797. The molecule has 1 aromatic carbocycles. The smallest absolute Gasteiger partial charge is 0.280 e. The van der Waals surface area contributed by atoms with Crippen LogP contribution in [-0.2, 0) is 6.54 Å². The first-order valence-corrected chi connectivity index (χ1v) is 6.49. The third-order valence-corrected chi connectivity index (χ3v) is 3.66. The van der Waals surface area contributed by atoms with Gasteiger partial charge in [-0.1, -0.05) is 12.1 Å². The van der Waals surface area contributed by atoms with Gasteiger partial charge in [-0.25, -0.2) is 4.68 Å². The van der Waals surface area contributed by atoms with Crippen molar-refractivity contribution in [2.24, 2.45) is 5.73 Å².